The van der Waals surface area contributed by atoms with E-state index in [1.165, 1.54) is 18.2 Å². The van der Waals surface area contributed by atoms with Crippen LogP contribution in [0.15, 0.2) is 34.9 Å². The zero-order valence-corrected chi connectivity index (χ0v) is 11.4. The molecule has 1 aromatic carbocycles. The number of nitrogens with zero attached hydrogens (tertiary/aromatic N) is 1. The zero-order chi connectivity index (χ0) is 12.4. The second kappa shape index (κ2) is 5.21. The summed E-state index contributed by atoms with van der Waals surface area (Å²) >= 11 is 15.0. The number of nitrogens with one attached hydrogen (secondary N) is 1. The summed E-state index contributed by atoms with van der Waals surface area (Å²) in [6.45, 7) is 0. The van der Waals surface area contributed by atoms with Gasteiger partial charge in [0.15, 0.2) is 0 Å². The number of aromatic nitrogens is 1. The number of anilines is 2. The third-order valence-corrected chi connectivity index (χ3v) is 2.95. The van der Waals surface area contributed by atoms with Crippen molar-refractivity contribution in [3.8, 4) is 0 Å². The highest BCUT2D eigenvalue weighted by molar-refractivity contribution is 9.10. The molecule has 0 bridgehead atoms. The predicted molar refractivity (Wildman–Crippen MR) is 71.6 cm³/mol. The Labute approximate surface area is 116 Å². The first-order valence-corrected chi connectivity index (χ1v) is 6.14. The largest absolute Gasteiger partial charge is 0.337 e. The van der Waals surface area contributed by atoms with Crippen LogP contribution in [0.5, 0.6) is 0 Å². The normalized spacial score (nSPS) is 10.4. The average molecular weight is 336 g/mol. The lowest BCUT2D eigenvalue weighted by molar-refractivity contribution is 0.632. The van der Waals surface area contributed by atoms with Crippen molar-refractivity contribution in [1.29, 1.82) is 0 Å². The predicted octanol–water partition coefficient (Wildman–Crippen LogP) is 5.03. The van der Waals surface area contributed by atoms with E-state index in [9.17, 15) is 4.39 Å². The third kappa shape index (κ3) is 3.09. The standard InChI is InChI=1S/C11H6BrCl2FN2/c12-6-3-8(14)11(16-5-6)17-10-4-7(13)1-2-9(10)15/h1-5H,(H,16,17). The molecule has 2 aromatic rings. The molecule has 0 atom stereocenters. The maximum Gasteiger partial charge on any atom is 0.149 e. The molecule has 6 heteroatoms. The Morgan fingerprint density at radius 2 is 2.00 bits per heavy atom. The van der Waals surface area contributed by atoms with Gasteiger partial charge in [-0.3, -0.25) is 0 Å². The summed E-state index contributed by atoms with van der Waals surface area (Å²) in [4.78, 5) is 4.04. The van der Waals surface area contributed by atoms with E-state index in [2.05, 4.69) is 26.2 Å². The first-order valence-electron chi connectivity index (χ1n) is 4.59. The molecule has 1 N–H and O–H groups in total. The van der Waals surface area contributed by atoms with Gasteiger partial charge in [0.1, 0.15) is 11.6 Å². The third-order valence-electron chi connectivity index (χ3n) is 1.99. The minimum Gasteiger partial charge on any atom is -0.337 e. The Balaban J connectivity index is 2.34. The van der Waals surface area contributed by atoms with Crippen LogP contribution < -0.4 is 5.32 Å². The van der Waals surface area contributed by atoms with Crippen molar-refractivity contribution in [3.63, 3.8) is 0 Å². The second-order valence-electron chi connectivity index (χ2n) is 3.23. The summed E-state index contributed by atoms with van der Waals surface area (Å²) in [5, 5.41) is 3.61. The van der Waals surface area contributed by atoms with Crippen LogP contribution in [0.3, 0.4) is 0 Å². The highest BCUT2D eigenvalue weighted by atomic mass is 79.9. The highest BCUT2D eigenvalue weighted by Gasteiger charge is 2.07. The molecule has 0 aliphatic carbocycles. The van der Waals surface area contributed by atoms with E-state index in [0.29, 0.717) is 15.9 Å². The molecule has 1 aromatic heterocycles. The number of hydrogen-bond donors (Lipinski definition) is 1. The van der Waals surface area contributed by atoms with Crippen molar-refractivity contribution in [2.24, 2.45) is 0 Å². The van der Waals surface area contributed by atoms with Gasteiger partial charge in [0.2, 0.25) is 0 Å². The summed E-state index contributed by atoms with van der Waals surface area (Å²) in [5.41, 5.74) is 0.231. The van der Waals surface area contributed by atoms with Gasteiger partial charge < -0.3 is 5.32 Å². The van der Waals surface area contributed by atoms with E-state index >= 15 is 0 Å². The quantitative estimate of drug-likeness (QED) is 0.832. The Bertz CT molecular complexity index is 563. The van der Waals surface area contributed by atoms with Gasteiger partial charge in [-0.05, 0) is 40.2 Å². The van der Waals surface area contributed by atoms with Gasteiger partial charge in [-0.2, -0.15) is 0 Å². The van der Waals surface area contributed by atoms with Crippen LogP contribution in [0.4, 0.5) is 15.9 Å². The summed E-state index contributed by atoms with van der Waals surface area (Å²) in [5.74, 6) is -0.0498. The summed E-state index contributed by atoms with van der Waals surface area (Å²) in [6, 6.07) is 5.88. The summed E-state index contributed by atoms with van der Waals surface area (Å²) in [6.07, 6.45) is 1.57. The van der Waals surface area contributed by atoms with Crippen molar-refractivity contribution < 1.29 is 4.39 Å². The molecule has 0 fully saturated rings. The van der Waals surface area contributed by atoms with Gasteiger partial charge in [-0.25, -0.2) is 9.37 Å². The van der Waals surface area contributed by atoms with Crippen LogP contribution in [0, 0.1) is 5.82 Å². The van der Waals surface area contributed by atoms with E-state index in [1.807, 2.05) is 0 Å². The maximum absolute atomic E-state index is 13.5. The molecule has 2 rings (SSSR count). The highest BCUT2D eigenvalue weighted by Crippen LogP contribution is 2.28. The van der Waals surface area contributed by atoms with E-state index in [1.54, 1.807) is 12.3 Å². The molecule has 0 spiro atoms. The number of hydrogen-bond acceptors (Lipinski definition) is 2. The molecule has 1 heterocycles. The smallest absolute Gasteiger partial charge is 0.149 e. The van der Waals surface area contributed by atoms with Crippen LogP contribution in [0.1, 0.15) is 0 Å². The molecule has 0 aliphatic rings. The van der Waals surface area contributed by atoms with Crippen LogP contribution in [0.2, 0.25) is 10.0 Å². The molecule has 2 nitrogen and oxygen atoms in total. The Morgan fingerprint density at radius 3 is 2.71 bits per heavy atom. The Hall–Kier alpha value is -0.840. The Kier molecular flexibility index (Phi) is 3.86. The number of pyridine rings is 1. The lowest BCUT2D eigenvalue weighted by atomic mass is 10.3. The zero-order valence-electron chi connectivity index (χ0n) is 8.35. The fourth-order valence-electron chi connectivity index (χ4n) is 1.23. The molecule has 0 radical (unpaired) electrons. The molecular formula is C11H6BrCl2FN2. The molecule has 0 aliphatic heterocycles. The van der Waals surface area contributed by atoms with Gasteiger partial charge in [-0.1, -0.05) is 23.2 Å². The van der Waals surface area contributed by atoms with Crippen LogP contribution in [0.25, 0.3) is 0 Å². The molecule has 0 saturated carbocycles. The lowest BCUT2D eigenvalue weighted by Crippen LogP contribution is -1.97. The van der Waals surface area contributed by atoms with Crippen LogP contribution in [-0.2, 0) is 0 Å². The van der Waals surface area contributed by atoms with E-state index in [-0.39, 0.29) is 5.69 Å². The molecule has 88 valence electrons. The van der Waals surface area contributed by atoms with Gasteiger partial charge in [-0.15, -0.1) is 0 Å². The van der Waals surface area contributed by atoms with Gasteiger partial charge in [0, 0.05) is 15.7 Å². The summed E-state index contributed by atoms with van der Waals surface area (Å²) < 4.78 is 14.2. The number of halogens is 4. The average Bonchev–Trinajstić information content (AvgIpc) is 2.27. The van der Waals surface area contributed by atoms with Crippen molar-refractivity contribution >= 4 is 50.6 Å². The maximum atomic E-state index is 13.5. The fraction of sp³-hybridized carbons (Fsp3) is 0. The number of benzene rings is 1. The van der Waals surface area contributed by atoms with Gasteiger partial charge >= 0.3 is 0 Å². The van der Waals surface area contributed by atoms with Crippen molar-refractivity contribution in [3.05, 3.63) is 50.8 Å². The van der Waals surface area contributed by atoms with Gasteiger partial charge in [0.05, 0.1) is 10.7 Å². The minimum atomic E-state index is -0.421. The SMILES string of the molecule is Fc1ccc(Cl)cc1Nc1ncc(Br)cc1Cl. The van der Waals surface area contributed by atoms with Crippen molar-refractivity contribution in [2.75, 3.05) is 5.32 Å². The lowest BCUT2D eigenvalue weighted by Gasteiger charge is -2.08. The van der Waals surface area contributed by atoms with Crippen LogP contribution in [-0.4, -0.2) is 4.98 Å². The number of rotatable bonds is 2. The molecule has 17 heavy (non-hydrogen) atoms. The van der Waals surface area contributed by atoms with Crippen LogP contribution >= 0.6 is 39.1 Å². The first kappa shape index (κ1) is 12.6. The van der Waals surface area contributed by atoms with Gasteiger partial charge in [0.25, 0.3) is 0 Å². The van der Waals surface area contributed by atoms with E-state index in [4.69, 9.17) is 23.2 Å². The molecule has 0 saturated heterocycles. The molecule has 0 amide bonds. The van der Waals surface area contributed by atoms with Crippen molar-refractivity contribution in [2.45, 2.75) is 0 Å². The Morgan fingerprint density at radius 1 is 1.24 bits per heavy atom. The monoisotopic (exact) mass is 334 g/mol. The first-order chi connectivity index (χ1) is 8.06. The van der Waals surface area contributed by atoms with Crippen molar-refractivity contribution in [1.82, 2.24) is 4.98 Å². The fourth-order valence-corrected chi connectivity index (χ4v) is 2.08. The minimum absolute atomic E-state index is 0.231. The van der Waals surface area contributed by atoms with E-state index in [0.717, 1.165) is 4.47 Å². The summed E-state index contributed by atoms with van der Waals surface area (Å²) in [7, 11) is 0. The topological polar surface area (TPSA) is 24.9 Å². The molecular weight excluding hydrogens is 330 g/mol. The van der Waals surface area contributed by atoms with E-state index < -0.39 is 5.82 Å². The molecule has 0 unspecified atom stereocenters. The second-order valence-corrected chi connectivity index (χ2v) is 4.99.